The Bertz CT molecular complexity index is 770. The number of methoxy groups -OCH3 is 1. The average molecular weight is 482 g/mol. The van der Waals surface area contributed by atoms with Crippen LogP contribution in [-0.4, -0.2) is 43.1 Å². The summed E-state index contributed by atoms with van der Waals surface area (Å²) in [5.74, 6) is 1.43. The molecule has 2 amide bonds. The molecule has 8 heteroatoms. The van der Waals surface area contributed by atoms with Crippen molar-refractivity contribution in [2.75, 3.05) is 20.2 Å². The monoisotopic (exact) mass is 481 g/mol. The van der Waals surface area contributed by atoms with E-state index in [9.17, 15) is 9.59 Å². The van der Waals surface area contributed by atoms with Gasteiger partial charge in [-0.05, 0) is 62.1 Å². The Morgan fingerprint density at radius 3 is 2.73 bits per heavy atom. The highest BCUT2D eigenvalue weighted by molar-refractivity contribution is 5.85. The third-order valence-electron chi connectivity index (χ3n) is 5.59. The van der Waals surface area contributed by atoms with E-state index >= 15 is 0 Å². The largest absolute Gasteiger partial charge is 0.493 e. The zero-order valence-electron chi connectivity index (χ0n) is 20.2. The van der Waals surface area contributed by atoms with Crippen molar-refractivity contribution in [1.29, 1.82) is 0 Å². The highest BCUT2D eigenvalue weighted by Crippen LogP contribution is 2.29. The summed E-state index contributed by atoms with van der Waals surface area (Å²) in [4.78, 5) is 26.5. The number of halogens is 1. The molecule has 2 rings (SSSR count). The van der Waals surface area contributed by atoms with Crippen LogP contribution in [0.2, 0.25) is 0 Å². The molecule has 1 aromatic carbocycles. The van der Waals surface area contributed by atoms with Crippen molar-refractivity contribution >= 4 is 24.4 Å². The van der Waals surface area contributed by atoms with Crippen LogP contribution in [0.3, 0.4) is 0 Å². The number of piperidine rings is 1. The molecular weight excluding hydrogens is 442 g/mol. The van der Waals surface area contributed by atoms with E-state index in [0.29, 0.717) is 43.5 Å². The van der Waals surface area contributed by atoms with Crippen LogP contribution in [0, 0.1) is 5.92 Å². The number of allylic oxidation sites excluding steroid dienone is 2. The topological polar surface area (TPSA) is 93.9 Å². The molecule has 1 fully saturated rings. The van der Waals surface area contributed by atoms with Gasteiger partial charge in [0.05, 0.1) is 7.11 Å². The van der Waals surface area contributed by atoms with Gasteiger partial charge in [0.1, 0.15) is 0 Å². The summed E-state index contributed by atoms with van der Waals surface area (Å²) in [7, 11) is 1.53. The third-order valence-corrected chi connectivity index (χ3v) is 5.59. The van der Waals surface area contributed by atoms with E-state index in [-0.39, 0.29) is 24.4 Å². The summed E-state index contributed by atoms with van der Waals surface area (Å²) < 4.78 is 11.0. The zero-order valence-corrected chi connectivity index (χ0v) is 21.0. The number of rotatable bonds is 11. The lowest BCUT2D eigenvalue weighted by atomic mass is 10.0. The van der Waals surface area contributed by atoms with E-state index in [1.165, 1.54) is 7.11 Å². The molecular formula is C25H40ClN3O4. The van der Waals surface area contributed by atoms with Gasteiger partial charge >= 0.3 is 6.09 Å². The molecule has 0 unspecified atom stereocenters. The third kappa shape index (κ3) is 10.0. The molecule has 1 aliphatic rings. The van der Waals surface area contributed by atoms with E-state index in [0.717, 1.165) is 44.1 Å². The Labute approximate surface area is 204 Å². The lowest BCUT2D eigenvalue weighted by molar-refractivity contribution is -0.121. The van der Waals surface area contributed by atoms with Crippen LogP contribution in [0.1, 0.15) is 64.4 Å². The Morgan fingerprint density at radius 1 is 1.24 bits per heavy atom. The van der Waals surface area contributed by atoms with E-state index < -0.39 is 6.09 Å². The Kier molecular flexibility index (Phi) is 13.6. The Hall–Kier alpha value is -2.25. The normalized spacial score (nSPS) is 15.9. The first-order valence-corrected chi connectivity index (χ1v) is 11.7. The molecule has 0 spiro atoms. The number of carbonyl (C=O) groups is 2. The smallest absolute Gasteiger partial charge is 0.415 e. The van der Waals surface area contributed by atoms with Gasteiger partial charge in [-0.2, -0.15) is 0 Å². The number of nitrogens with zero attached hydrogens (tertiary/aromatic N) is 1. The van der Waals surface area contributed by atoms with Crippen molar-refractivity contribution in [1.82, 2.24) is 10.2 Å². The number of amides is 2. The fourth-order valence-corrected chi connectivity index (χ4v) is 3.75. The summed E-state index contributed by atoms with van der Waals surface area (Å²) in [6, 6.07) is 5.35. The predicted octanol–water partition coefficient (Wildman–Crippen LogP) is 4.82. The minimum atomic E-state index is -0.400. The fourth-order valence-electron chi connectivity index (χ4n) is 3.75. The van der Waals surface area contributed by atoms with Crippen LogP contribution < -0.4 is 20.5 Å². The van der Waals surface area contributed by atoms with Crippen molar-refractivity contribution < 1.29 is 19.1 Å². The summed E-state index contributed by atoms with van der Waals surface area (Å²) in [6.07, 6.45) is 10.3. The van der Waals surface area contributed by atoms with Crippen molar-refractivity contribution in [3.63, 3.8) is 0 Å². The van der Waals surface area contributed by atoms with Crippen molar-refractivity contribution in [2.45, 2.75) is 71.4 Å². The van der Waals surface area contributed by atoms with Gasteiger partial charge < -0.3 is 25.4 Å². The van der Waals surface area contributed by atoms with Gasteiger partial charge in [-0.25, -0.2) is 4.79 Å². The number of benzene rings is 1. The maximum Gasteiger partial charge on any atom is 0.415 e. The number of nitrogens with two attached hydrogens (primary N) is 1. The molecule has 1 aliphatic heterocycles. The quantitative estimate of drug-likeness (QED) is 0.349. The molecule has 1 aromatic rings. The lowest BCUT2D eigenvalue weighted by Gasteiger charge is -2.34. The van der Waals surface area contributed by atoms with Gasteiger partial charge in [0.2, 0.25) is 5.91 Å². The van der Waals surface area contributed by atoms with Crippen molar-refractivity contribution in [3.8, 4) is 11.5 Å². The first-order chi connectivity index (χ1) is 15.4. The molecule has 0 radical (unpaired) electrons. The molecule has 186 valence electrons. The second-order valence-corrected chi connectivity index (χ2v) is 8.63. The standard InChI is InChI=1S/C25H39N3O4.ClH/c1-19(2)10-6-4-5-7-12-24(29)27-18-20-13-14-22(23(16-20)31-3)32-25(30)28-15-9-8-11-21(28)17-26;/h6,10,13-14,16,19,21H,4-5,7-9,11-12,15,17-18,26H2,1-3H3,(H,27,29);1H/t21-;/m0./s1. The van der Waals surface area contributed by atoms with Crippen LogP contribution in [-0.2, 0) is 11.3 Å². The Morgan fingerprint density at radius 2 is 2.03 bits per heavy atom. The highest BCUT2D eigenvalue weighted by atomic mass is 35.5. The number of likely N-dealkylation sites (tertiary alicyclic amines) is 1. The van der Waals surface area contributed by atoms with E-state index in [1.807, 2.05) is 6.07 Å². The average Bonchev–Trinajstić information content (AvgIpc) is 2.80. The molecule has 1 heterocycles. The highest BCUT2D eigenvalue weighted by Gasteiger charge is 2.27. The Balaban J connectivity index is 0.00000544. The van der Waals surface area contributed by atoms with Gasteiger partial charge in [-0.15, -0.1) is 12.4 Å². The van der Waals surface area contributed by atoms with Crippen molar-refractivity contribution in [2.24, 2.45) is 11.7 Å². The first kappa shape index (κ1) is 28.8. The maximum atomic E-state index is 12.6. The van der Waals surface area contributed by atoms with Gasteiger partial charge in [0, 0.05) is 32.1 Å². The summed E-state index contributed by atoms with van der Waals surface area (Å²) in [5, 5.41) is 2.94. The number of carbonyl (C=O) groups excluding carboxylic acids is 2. The molecule has 0 bridgehead atoms. The number of hydrogen-bond acceptors (Lipinski definition) is 5. The molecule has 0 aliphatic carbocycles. The molecule has 1 atom stereocenters. The van der Waals surface area contributed by atoms with Crippen LogP contribution in [0.15, 0.2) is 30.4 Å². The molecule has 0 saturated carbocycles. The van der Waals surface area contributed by atoms with E-state index in [4.69, 9.17) is 15.2 Å². The predicted molar refractivity (Wildman–Crippen MR) is 134 cm³/mol. The van der Waals surface area contributed by atoms with Crippen LogP contribution in [0.25, 0.3) is 0 Å². The number of nitrogens with one attached hydrogen (secondary N) is 1. The van der Waals surface area contributed by atoms with Gasteiger partial charge in [0.15, 0.2) is 11.5 Å². The first-order valence-electron chi connectivity index (χ1n) is 11.7. The van der Waals surface area contributed by atoms with Crippen LogP contribution in [0.5, 0.6) is 11.5 Å². The molecule has 33 heavy (non-hydrogen) atoms. The fraction of sp³-hybridized carbons (Fsp3) is 0.600. The van der Waals surface area contributed by atoms with Crippen LogP contribution in [0.4, 0.5) is 4.79 Å². The second kappa shape index (κ2) is 15.6. The van der Waals surface area contributed by atoms with Crippen molar-refractivity contribution in [3.05, 3.63) is 35.9 Å². The summed E-state index contributed by atoms with van der Waals surface area (Å²) in [6.45, 7) is 5.79. The molecule has 0 aromatic heterocycles. The molecule has 3 N–H and O–H groups in total. The minimum Gasteiger partial charge on any atom is -0.493 e. The SMILES string of the molecule is COc1cc(CNC(=O)CCCCC=CC(C)C)ccc1OC(=O)N1CCCC[C@H]1CN.Cl. The summed E-state index contributed by atoms with van der Waals surface area (Å²) in [5.41, 5.74) is 6.69. The number of hydrogen-bond donors (Lipinski definition) is 2. The number of ether oxygens (including phenoxy) is 2. The second-order valence-electron chi connectivity index (χ2n) is 8.63. The van der Waals surface area contributed by atoms with Crippen LogP contribution >= 0.6 is 12.4 Å². The van der Waals surface area contributed by atoms with Gasteiger partial charge in [-0.3, -0.25) is 4.79 Å². The zero-order chi connectivity index (χ0) is 23.3. The molecule has 1 saturated heterocycles. The van der Waals surface area contributed by atoms with Gasteiger partial charge in [0.25, 0.3) is 0 Å². The minimum absolute atomic E-state index is 0. The van der Waals surface area contributed by atoms with E-state index in [1.54, 1.807) is 17.0 Å². The molecule has 7 nitrogen and oxygen atoms in total. The van der Waals surface area contributed by atoms with E-state index in [2.05, 4.69) is 31.3 Å². The number of unbranched alkanes of at least 4 members (excludes halogenated alkanes) is 2. The summed E-state index contributed by atoms with van der Waals surface area (Å²) >= 11 is 0. The van der Waals surface area contributed by atoms with Gasteiger partial charge in [-0.1, -0.05) is 32.1 Å². The maximum absolute atomic E-state index is 12.6. The lowest BCUT2D eigenvalue weighted by Crippen LogP contribution is -2.48.